The monoisotopic (exact) mass is 230 g/mol. The fourth-order valence-corrected chi connectivity index (χ4v) is 3.24. The molecular formula is C14H14OS. The van der Waals surface area contributed by atoms with E-state index in [1.165, 1.54) is 16.0 Å². The molecule has 16 heavy (non-hydrogen) atoms. The molecule has 0 saturated heterocycles. The minimum Gasteiger partial charge on any atom is -0.388 e. The third kappa shape index (κ3) is 1.41. The smallest absolute Gasteiger partial charge is 0.0872 e. The van der Waals surface area contributed by atoms with Crippen LogP contribution in [0.1, 0.15) is 33.6 Å². The molecule has 1 N–H and O–H groups in total. The molecule has 0 saturated carbocycles. The number of fused-ring (bicyclic) bond motifs is 1. The number of rotatable bonds is 2. The predicted octanol–water partition coefficient (Wildman–Crippen LogP) is 3.43. The summed E-state index contributed by atoms with van der Waals surface area (Å²) in [5.41, 5.74) is 3.81. The SMILES string of the molecule is Cc1sccc1C(O)C1Cc2ccccc21. The Morgan fingerprint density at radius 2 is 2.12 bits per heavy atom. The highest BCUT2D eigenvalue weighted by atomic mass is 32.1. The van der Waals surface area contributed by atoms with Crippen molar-refractivity contribution < 1.29 is 5.11 Å². The minimum atomic E-state index is -0.332. The largest absolute Gasteiger partial charge is 0.388 e. The predicted molar refractivity (Wildman–Crippen MR) is 66.9 cm³/mol. The summed E-state index contributed by atoms with van der Waals surface area (Å²) < 4.78 is 0. The van der Waals surface area contributed by atoms with Crippen molar-refractivity contribution in [2.24, 2.45) is 0 Å². The number of hydrogen-bond acceptors (Lipinski definition) is 2. The second-order valence-electron chi connectivity index (χ2n) is 4.39. The maximum absolute atomic E-state index is 10.4. The highest BCUT2D eigenvalue weighted by Gasteiger charge is 2.33. The number of thiophene rings is 1. The molecule has 0 aliphatic heterocycles. The van der Waals surface area contributed by atoms with Gasteiger partial charge in [0.05, 0.1) is 6.10 Å². The number of aryl methyl sites for hydroxylation is 1. The molecule has 82 valence electrons. The number of aliphatic hydroxyl groups is 1. The van der Waals surface area contributed by atoms with E-state index in [-0.39, 0.29) is 6.10 Å². The van der Waals surface area contributed by atoms with Gasteiger partial charge in [-0.25, -0.2) is 0 Å². The van der Waals surface area contributed by atoms with E-state index >= 15 is 0 Å². The molecule has 1 aromatic carbocycles. The van der Waals surface area contributed by atoms with Crippen LogP contribution in [-0.2, 0) is 6.42 Å². The summed E-state index contributed by atoms with van der Waals surface area (Å²) in [6, 6.07) is 10.5. The molecule has 2 aromatic rings. The van der Waals surface area contributed by atoms with Gasteiger partial charge in [-0.1, -0.05) is 24.3 Å². The highest BCUT2D eigenvalue weighted by molar-refractivity contribution is 7.10. The van der Waals surface area contributed by atoms with Crippen molar-refractivity contribution in [1.29, 1.82) is 0 Å². The molecule has 1 aromatic heterocycles. The topological polar surface area (TPSA) is 20.2 Å². The van der Waals surface area contributed by atoms with Gasteiger partial charge in [0.2, 0.25) is 0 Å². The Kier molecular flexibility index (Phi) is 2.34. The second kappa shape index (κ2) is 3.72. The number of hydrogen-bond donors (Lipinski definition) is 1. The number of benzene rings is 1. The van der Waals surface area contributed by atoms with Crippen LogP contribution in [0, 0.1) is 6.92 Å². The quantitative estimate of drug-likeness (QED) is 0.838. The van der Waals surface area contributed by atoms with Gasteiger partial charge in [-0.05, 0) is 41.5 Å². The molecule has 1 aliphatic rings. The van der Waals surface area contributed by atoms with Crippen LogP contribution in [0.5, 0.6) is 0 Å². The summed E-state index contributed by atoms with van der Waals surface area (Å²) in [6.07, 6.45) is 0.674. The van der Waals surface area contributed by atoms with Crippen molar-refractivity contribution in [2.45, 2.75) is 25.4 Å². The van der Waals surface area contributed by atoms with Crippen molar-refractivity contribution in [3.63, 3.8) is 0 Å². The van der Waals surface area contributed by atoms with Crippen LogP contribution in [-0.4, -0.2) is 5.11 Å². The van der Waals surface area contributed by atoms with Crippen molar-refractivity contribution in [2.75, 3.05) is 0 Å². The van der Waals surface area contributed by atoms with Gasteiger partial charge >= 0.3 is 0 Å². The Bertz CT molecular complexity index is 515. The van der Waals surface area contributed by atoms with Gasteiger partial charge in [-0.2, -0.15) is 0 Å². The molecule has 0 bridgehead atoms. The maximum Gasteiger partial charge on any atom is 0.0872 e. The van der Waals surface area contributed by atoms with E-state index in [4.69, 9.17) is 0 Å². The van der Waals surface area contributed by atoms with Crippen LogP contribution in [0.25, 0.3) is 0 Å². The van der Waals surface area contributed by atoms with E-state index in [2.05, 4.69) is 36.6 Å². The Labute approximate surface area is 99.4 Å². The van der Waals surface area contributed by atoms with Gasteiger partial charge in [0, 0.05) is 10.8 Å². The standard InChI is InChI=1S/C14H14OS/c1-9-11(6-7-16-9)14(15)13-8-10-4-2-3-5-12(10)13/h2-7,13-15H,8H2,1H3. The third-order valence-corrected chi connectivity index (χ3v) is 4.35. The molecule has 0 fully saturated rings. The van der Waals surface area contributed by atoms with E-state index in [9.17, 15) is 5.11 Å². The zero-order chi connectivity index (χ0) is 11.1. The Morgan fingerprint density at radius 1 is 1.31 bits per heavy atom. The molecule has 2 unspecified atom stereocenters. The van der Waals surface area contributed by atoms with E-state index in [0.717, 1.165) is 12.0 Å². The first-order valence-electron chi connectivity index (χ1n) is 5.57. The van der Waals surface area contributed by atoms with E-state index in [1.807, 2.05) is 6.07 Å². The molecule has 3 rings (SSSR count). The summed E-state index contributed by atoms with van der Waals surface area (Å²) in [4.78, 5) is 1.23. The molecule has 1 aliphatic carbocycles. The van der Waals surface area contributed by atoms with Crippen LogP contribution >= 0.6 is 11.3 Å². The molecule has 1 heterocycles. The fourth-order valence-electron chi connectivity index (χ4n) is 2.50. The second-order valence-corrected chi connectivity index (χ2v) is 5.51. The fraction of sp³-hybridized carbons (Fsp3) is 0.286. The molecule has 0 spiro atoms. The third-order valence-electron chi connectivity index (χ3n) is 3.49. The van der Waals surface area contributed by atoms with E-state index in [0.29, 0.717) is 5.92 Å². The average Bonchev–Trinajstić information content (AvgIpc) is 2.66. The lowest BCUT2D eigenvalue weighted by Crippen LogP contribution is -2.23. The van der Waals surface area contributed by atoms with Gasteiger partial charge in [-0.3, -0.25) is 0 Å². The molecule has 0 radical (unpaired) electrons. The lowest BCUT2D eigenvalue weighted by molar-refractivity contribution is 0.134. The van der Waals surface area contributed by atoms with Gasteiger partial charge in [0.25, 0.3) is 0 Å². The van der Waals surface area contributed by atoms with Crippen LogP contribution in [0.2, 0.25) is 0 Å². The Hall–Kier alpha value is -1.12. The van der Waals surface area contributed by atoms with Crippen LogP contribution in [0.3, 0.4) is 0 Å². The first-order valence-corrected chi connectivity index (χ1v) is 6.45. The molecule has 1 nitrogen and oxygen atoms in total. The summed E-state index contributed by atoms with van der Waals surface area (Å²) in [6.45, 7) is 2.08. The van der Waals surface area contributed by atoms with Gasteiger partial charge in [0.15, 0.2) is 0 Å². The van der Waals surface area contributed by atoms with Crippen molar-refractivity contribution in [3.8, 4) is 0 Å². The summed E-state index contributed by atoms with van der Waals surface area (Å²) in [7, 11) is 0. The van der Waals surface area contributed by atoms with Crippen LogP contribution < -0.4 is 0 Å². The van der Waals surface area contributed by atoms with E-state index < -0.39 is 0 Å². The zero-order valence-electron chi connectivity index (χ0n) is 9.18. The lowest BCUT2D eigenvalue weighted by atomic mass is 9.73. The average molecular weight is 230 g/mol. The normalized spacial score (nSPS) is 20.0. The Morgan fingerprint density at radius 3 is 2.81 bits per heavy atom. The first-order chi connectivity index (χ1) is 7.77. The molecular weight excluding hydrogens is 216 g/mol. The first kappa shape index (κ1) is 10.1. The Balaban J connectivity index is 1.90. The summed E-state index contributed by atoms with van der Waals surface area (Å²) >= 11 is 1.71. The number of aliphatic hydroxyl groups excluding tert-OH is 1. The molecule has 2 atom stereocenters. The molecule has 2 heteroatoms. The van der Waals surface area contributed by atoms with Gasteiger partial charge in [0.1, 0.15) is 0 Å². The highest BCUT2D eigenvalue weighted by Crippen LogP contribution is 2.44. The van der Waals surface area contributed by atoms with Crippen molar-refractivity contribution in [1.82, 2.24) is 0 Å². The van der Waals surface area contributed by atoms with Crippen LogP contribution in [0.15, 0.2) is 35.7 Å². The van der Waals surface area contributed by atoms with Gasteiger partial charge < -0.3 is 5.11 Å². The maximum atomic E-state index is 10.4. The van der Waals surface area contributed by atoms with Crippen molar-refractivity contribution >= 4 is 11.3 Å². The lowest BCUT2D eigenvalue weighted by Gasteiger charge is -2.34. The summed E-state index contributed by atoms with van der Waals surface area (Å²) in [5.74, 6) is 0.296. The zero-order valence-corrected chi connectivity index (χ0v) is 10.00. The van der Waals surface area contributed by atoms with Gasteiger partial charge in [-0.15, -0.1) is 11.3 Å². The van der Waals surface area contributed by atoms with Crippen LogP contribution in [0.4, 0.5) is 0 Å². The minimum absolute atomic E-state index is 0.296. The van der Waals surface area contributed by atoms with Crippen molar-refractivity contribution in [3.05, 3.63) is 57.3 Å². The molecule has 0 amide bonds. The van der Waals surface area contributed by atoms with E-state index in [1.54, 1.807) is 11.3 Å². The summed E-state index contributed by atoms with van der Waals surface area (Å²) in [5, 5.41) is 12.4.